The van der Waals surface area contributed by atoms with Gasteiger partial charge < -0.3 is 10.4 Å². The molecule has 1 heterocycles. The van der Waals surface area contributed by atoms with Crippen LogP contribution in [-0.2, 0) is 4.79 Å². The molecule has 0 aromatic rings. The van der Waals surface area contributed by atoms with Gasteiger partial charge in [0, 0.05) is 19.1 Å². The molecule has 6 nitrogen and oxygen atoms in total. The van der Waals surface area contributed by atoms with Crippen molar-refractivity contribution in [3.63, 3.8) is 0 Å². The molecule has 3 N–H and O–H groups in total. The number of hydrogen-bond acceptors (Lipinski definition) is 4. The average molecular weight is 283 g/mol. The van der Waals surface area contributed by atoms with Crippen molar-refractivity contribution in [1.29, 1.82) is 0 Å². The van der Waals surface area contributed by atoms with Crippen LogP contribution in [0.5, 0.6) is 0 Å². The molecular weight excluding hydrogens is 258 g/mol. The molecule has 20 heavy (non-hydrogen) atoms. The van der Waals surface area contributed by atoms with Crippen molar-refractivity contribution in [2.45, 2.75) is 57.1 Å². The molecule has 1 unspecified atom stereocenters. The molecule has 1 saturated carbocycles. The lowest BCUT2D eigenvalue weighted by molar-refractivity contribution is -0.121. The van der Waals surface area contributed by atoms with Gasteiger partial charge in [-0.25, -0.2) is 4.79 Å². The molecule has 0 spiro atoms. The zero-order chi connectivity index (χ0) is 14.6. The molecule has 1 aliphatic heterocycles. The molecule has 6 heteroatoms. The van der Waals surface area contributed by atoms with Gasteiger partial charge in [-0.1, -0.05) is 19.3 Å². The second kappa shape index (κ2) is 6.54. The first kappa shape index (κ1) is 15.3. The highest BCUT2D eigenvalue weighted by atomic mass is 16.3. The highest BCUT2D eigenvalue weighted by molar-refractivity contribution is 5.95. The largest absolute Gasteiger partial charge is 0.389 e. The number of nitrogens with zero attached hydrogens (tertiary/aromatic N) is 1. The molecule has 0 bridgehead atoms. The van der Waals surface area contributed by atoms with Gasteiger partial charge in [0.15, 0.2) is 0 Å². The van der Waals surface area contributed by atoms with Crippen LogP contribution < -0.4 is 10.6 Å². The van der Waals surface area contributed by atoms with Gasteiger partial charge in [0.25, 0.3) is 0 Å². The first-order valence-corrected chi connectivity index (χ1v) is 7.50. The smallest absolute Gasteiger partial charge is 0.321 e. The van der Waals surface area contributed by atoms with Crippen molar-refractivity contribution < 1.29 is 14.7 Å². The third kappa shape index (κ3) is 4.76. The summed E-state index contributed by atoms with van der Waals surface area (Å²) >= 11 is 0. The van der Waals surface area contributed by atoms with Crippen LogP contribution >= 0.6 is 0 Å². The normalized spacial score (nSPS) is 28.3. The van der Waals surface area contributed by atoms with Crippen molar-refractivity contribution in [2.24, 2.45) is 0 Å². The number of carbonyl (C=O) groups excluding carboxylic acids is 2. The van der Waals surface area contributed by atoms with Crippen LogP contribution in [0.4, 0.5) is 4.79 Å². The summed E-state index contributed by atoms with van der Waals surface area (Å²) < 4.78 is 0. The second-order valence-corrected chi connectivity index (χ2v) is 6.31. The van der Waals surface area contributed by atoms with Crippen molar-refractivity contribution in [3.8, 4) is 0 Å². The maximum absolute atomic E-state index is 11.8. The van der Waals surface area contributed by atoms with Crippen LogP contribution in [0.1, 0.15) is 45.4 Å². The summed E-state index contributed by atoms with van der Waals surface area (Å²) in [5.41, 5.74) is -0.718. The molecule has 114 valence electrons. The summed E-state index contributed by atoms with van der Waals surface area (Å²) in [6.07, 6.45) is 6.17. The minimum atomic E-state index is -0.718. The Balaban J connectivity index is 1.67. The predicted octanol–water partition coefficient (Wildman–Crippen LogP) is 0.602. The van der Waals surface area contributed by atoms with Crippen LogP contribution in [-0.4, -0.2) is 53.2 Å². The Morgan fingerprint density at radius 1 is 1.30 bits per heavy atom. The lowest BCUT2D eigenvalue weighted by Crippen LogP contribution is -2.48. The van der Waals surface area contributed by atoms with E-state index < -0.39 is 11.6 Å². The number of β-amino-alcohol motifs (C(OH)–C–C–N with tert-alkyl or cyclic N) is 1. The highest BCUT2D eigenvalue weighted by Crippen LogP contribution is 2.19. The first-order chi connectivity index (χ1) is 9.44. The molecule has 2 rings (SSSR count). The Hall–Kier alpha value is -1.14. The Morgan fingerprint density at radius 2 is 2.00 bits per heavy atom. The lowest BCUT2D eigenvalue weighted by atomic mass is 9.96. The number of hydrogen-bond donors (Lipinski definition) is 3. The zero-order valence-corrected chi connectivity index (χ0v) is 12.2. The van der Waals surface area contributed by atoms with E-state index in [2.05, 4.69) is 10.6 Å². The topological polar surface area (TPSA) is 81.7 Å². The van der Waals surface area contributed by atoms with Crippen LogP contribution in [0.2, 0.25) is 0 Å². The number of nitrogens with one attached hydrogen (secondary N) is 2. The number of aliphatic hydroxyl groups is 1. The first-order valence-electron chi connectivity index (χ1n) is 7.50. The van der Waals surface area contributed by atoms with Crippen molar-refractivity contribution in [3.05, 3.63) is 0 Å². The maximum Gasteiger partial charge on any atom is 0.321 e. The van der Waals surface area contributed by atoms with Gasteiger partial charge in [0.1, 0.15) is 0 Å². The standard InChI is InChI=1S/C14H25N3O3/c1-14(20)7-8-17(10-14)9-12(18)16-13(19)15-11-5-3-2-4-6-11/h11,20H,2-10H2,1H3,(H2,15,16,18,19). The van der Waals surface area contributed by atoms with E-state index in [1.54, 1.807) is 6.92 Å². The van der Waals surface area contributed by atoms with Gasteiger partial charge in [0.2, 0.25) is 5.91 Å². The van der Waals surface area contributed by atoms with E-state index in [0.29, 0.717) is 19.5 Å². The summed E-state index contributed by atoms with van der Waals surface area (Å²) in [5.74, 6) is -0.309. The molecule has 0 aromatic carbocycles. The van der Waals surface area contributed by atoms with E-state index in [1.165, 1.54) is 6.42 Å². The number of likely N-dealkylation sites (tertiary alicyclic amines) is 1. The molecular formula is C14H25N3O3. The van der Waals surface area contributed by atoms with E-state index in [9.17, 15) is 14.7 Å². The average Bonchev–Trinajstić information content (AvgIpc) is 2.69. The lowest BCUT2D eigenvalue weighted by Gasteiger charge is -2.23. The number of amides is 3. The van der Waals surface area contributed by atoms with Crippen LogP contribution in [0, 0.1) is 0 Å². The van der Waals surface area contributed by atoms with Crippen molar-refractivity contribution in [2.75, 3.05) is 19.6 Å². The summed E-state index contributed by atoms with van der Waals surface area (Å²) in [4.78, 5) is 25.3. The Kier molecular flexibility index (Phi) is 4.99. The van der Waals surface area contributed by atoms with Crippen LogP contribution in [0.15, 0.2) is 0 Å². The Morgan fingerprint density at radius 3 is 2.60 bits per heavy atom. The number of carbonyl (C=O) groups is 2. The molecule has 1 atom stereocenters. The van der Waals surface area contributed by atoms with Gasteiger partial charge in [-0.2, -0.15) is 0 Å². The second-order valence-electron chi connectivity index (χ2n) is 6.31. The van der Waals surface area contributed by atoms with E-state index in [0.717, 1.165) is 25.7 Å². The van der Waals surface area contributed by atoms with Gasteiger partial charge in [-0.3, -0.25) is 15.0 Å². The third-order valence-corrected chi connectivity index (χ3v) is 4.09. The third-order valence-electron chi connectivity index (χ3n) is 4.09. The van der Waals surface area contributed by atoms with E-state index in [1.807, 2.05) is 4.90 Å². The fraction of sp³-hybridized carbons (Fsp3) is 0.857. The monoisotopic (exact) mass is 283 g/mol. The number of rotatable bonds is 3. The van der Waals surface area contributed by atoms with E-state index in [-0.39, 0.29) is 18.5 Å². The molecule has 0 radical (unpaired) electrons. The summed E-state index contributed by atoms with van der Waals surface area (Å²) in [7, 11) is 0. The van der Waals surface area contributed by atoms with Crippen LogP contribution in [0.25, 0.3) is 0 Å². The fourth-order valence-electron chi connectivity index (χ4n) is 3.01. The molecule has 1 saturated heterocycles. The molecule has 1 aliphatic carbocycles. The summed E-state index contributed by atoms with van der Waals surface area (Å²) in [6.45, 7) is 3.09. The SMILES string of the molecule is CC1(O)CCN(CC(=O)NC(=O)NC2CCCCC2)C1. The number of imide groups is 1. The van der Waals surface area contributed by atoms with Gasteiger partial charge >= 0.3 is 6.03 Å². The zero-order valence-electron chi connectivity index (χ0n) is 12.2. The molecule has 0 aromatic heterocycles. The molecule has 2 aliphatic rings. The van der Waals surface area contributed by atoms with Crippen molar-refractivity contribution in [1.82, 2.24) is 15.5 Å². The van der Waals surface area contributed by atoms with Gasteiger partial charge in [-0.05, 0) is 26.2 Å². The predicted molar refractivity (Wildman–Crippen MR) is 75.2 cm³/mol. The van der Waals surface area contributed by atoms with Gasteiger partial charge in [0.05, 0.1) is 12.1 Å². The van der Waals surface area contributed by atoms with E-state index >= 15 is 0 Å². The quantitative estimate of drug-likeness (QED) is 0.708. The number of urea groups is 1. The van der Waals surface area contributed by atoms with E-state index in [4.69, 9.17) is 0 Å². The minimum absolute atomic E-state index is 0.161. The Bertz CT molecular complexity index is 365. The molecule has 3 amide bonds. The Labute approximate surface area is 119 Å². The summed E-state index contributed by atoms with van der Waals surface area (Å²) in [5, 5.41) is 15.0. The van der Waals surface area contributed by atoms with Gasteiger partial charge in [-0.15, -0.1) is 0 Å². The molecule has 2 fully saturated rings. The van der Waals surface area contributed by atoms with Crippen LogP contribution in [0.3, 0.4) is 0 Å². The fourth-order valence-corrected chi connectivity index (χ4v) is 3.01. The summed E-state index contributed by atoms with van der Waals surface area (Å²) in [6, 6.07) is -0.197. The highest BCUT2D eigenvalue weighted by Gasteiger charge is 2.32. The van der Waals surface area contributed by atoms with Crippen molar-refractivity contribution >= 4 is 11.9 Å². The minimum Gasteiger partial charge on any atom is -0.389 e. The maximum atomic E-state index is 11.8.